The number of rotatable bonds is 8. The van der Waals surface area contributed by atoms with Gasteiger partial charge in [0, 0.05) is 6.42 Å². The summed E-state index contributed by atoms with van der Waals surface area (Å²) in [5.41, 5.74) is -0.0105. The van der Waals surface area contributed by atoms with Crippen LogP contribution in [0.3, 0.4) is 0 Å². The predicted octanol–water partition coefficient (Wildman–Crippen LogP) is 5.06. The lowest BCUT2D eigenvalue weighted by molar-refractivity contribution is -0.270. The Morgan fingerprint density at radius 2 is 1.61 bits per heavy atom. The first-order chi connectivity index (χ1) is 8.53. The highest BCUT2D eigenvalue weighted by Crippen LogP contribution is 2.29. The molecule has 0 N–H and O–H groups in total. The van der Waals surface area contributed by atoms with E-state index in [0.29, 0.717) is 6.10 Å². The van der Waals surface area contributed by atoms with Gasteiger partial charge in [-0.3, -0.25) is 0 Å². The molecule has 1 heterocycles. The summed E-state index contributed by atoms with van der Waals surface area (Å²) >= 11 is 0. The number of unbranched alkanes of at least 4 members (excludes halogenated alkanes) is 6. The van der Waals surface area contributed by atoms with Crippen LogP contribution in [0, 0.1) is 0 Å². The van der Waals surface area contributed by atoms with E-state index in [1.165, 1.54) is 44.9 Å². The van der Waals surface area contributed by atoms with Crippen molar-refractivity contribution in [3.05, 3.63) is 0 Å². The minimum absolute atomic E-state index is 0.0105. The van der Waals surface area contributed by atoms with Crippen molar-refractivity contribution in [2.75, 3.05) is 0 Å². The van der Waals surface area contributed by atoms with Crippen molar-refractivity contribution in [2.24, 2.45) is 0 Å². The Labute approximate surface area is 113 Å². The average molecular weight is 256 g/mol. The Balaban J connectivity index is 2.04. The minimum atomic E-state index is -0.0105. The van der Waals surface area contributed by atoms with Crippen LogP contribution in [0.1, 0.15) is 85.5 Å². The molecule has 0 unspecified atom stereocenters. The van der Waals surface area contributed by atoms with Gasteiger partial charge in [0.25, 0.3) is 0 Å². The molecule has 0 radical (unpaired) electrons. The van der Waals surface area contributed by atoms with Gasteiger partial charge in [-0.25, -0.2) is 0 Å². The highest BCUT2D eigenvalue weighted by Gasteiger charge is 2.32. The summed E-state index contributed by atoms with van der Waals surface area (Å²) in [5.74, 6) is 0. The van der Waals surface area contributed by atoms with Crippen LogP contribution >= 0.6 is 0 Å². The topological polar surface area (TPSA) is 18.5 Å². The summed E-state index contributed by atoms with van der Waals surface area (Å²) in [6, 6.07) is 0. The summed E-state index contributed by atoms with van der Waals surface area (Å²) in [6.45, 7) is 8.76. The molecule has 0 amide bonds. The molecule has 0 aromatic carbocycles. The molecular weight excluding hydrogens is 224 g/mol. The largest absolute Gasteiger partial charge is 0.350 e. The Morgan fingerprint density at radius 3 is 2.22 bits per heavy atom. The van der Waals surface area contributed by atoms with E-state index in [4.69, 9.17) is 9.47 Å². The van der Waals surface area contributed by atoms with Crippen molar-refractivity contribution >= 4 is 0 Å². The lowest BCUT2D eigenvalue weighted by Crippen LogP contribution is -2.42. The second kappa shape index (κ2) is 8.16. The molecule has 2 nitrogen and oxygen atoms in total. The molecule has 2 atom stereocenters. The summed E-state index contributed by atoms with van der Waals surface area (Å²) < 4.78 is 11.8. The van der Waals surface area contributed by atoms with E-state index in [1.54, 1.807) is 0 Å². The van der Waals surface area contributed by atoms with Gasteiger partial charge in [0.2, 0.25) is 0 Å². The van der Waals surface area contributed by atoms with Crippen molar-refractivity contribution < 1.29 is 9.47 Å². The molecular formula is C16H32O2. The van der Waals surface area contributed by atoms with Crippen molar-refractivity contribution in [2.45, 2.75) is 103 Å². The maximum atomic E-state index is 5.97. The third kappa shape index (κ3) is 6.75. The Bertz CT molecular complexity index is 213. The van der Waals surface area contributed by atoms with Crippen LogP contribution < -0.4 is 0 Å². The van der Waals surface area contributed by atoms with Gasteiger partial charge in [0.15, 0.2) is 6.29 Å². The number of ether oxygens (including phenoxy) is 2. The lowest BCUT2D eigenvalue weighted by Gasteiger charge is -2.39. The van der Waals surface area contributed by atoms with Crippen LogP contribution in [-0.2, 0) is 9.47 Å². The molecule has 0 aromatic heterocycles. The monoisotopic (exact) mass is 256 g/mol. The predicted molar refractivity (Wildman–Crippen MR) is 76.7 cm³/mol. The van der Waals surface area contributed by atoms with E-state index >= 15 is 0 Å². The summed E-state index contributed by atoms with van der Waals surface area (Å²) in [7, 11) is 0. The SMILES string of the molecule is CCCCCCCCC[C@H]1O[C@H](C)CC(C)(C)O1. The second-order valence-electron chi connectivity index (χ2n) is 6.37. The van der Waals surface area contributed by atoms with Crippen LogP contribution in [-0.4, -0.2) is 18.0 Å². The van der Waals surface area contributed by atoms with Crippen LogP contribution in [0.15, 0.2) is 0 Å². The average Bonchev–Trinajstić information content (AvgIpc) is 2.25. The first-order valence-electron chi connectivity index (χ1n) is 7.87. The zero-order valence-electron chi connectivity index (χ0n) is 12.8. The summed E-state index contributed by atoms with van der Waals surface area (Å²) in [6.07, 6.45) is 11.9. The van der Waals surface area contributed by atoms with E-state index in [1.807, 2.05) is 0 Å². The second-order valence-corrected chi connectivity index (χ2v) is 6.37. The zero-order valence-corrected chi connectivity index (χ0v) is 12.8. The highest BCUT2D eigenvalue weighted by molar-refractivity contribution is 4.77. The molecule has 1 saturated heterocycles. The van der Waals surface area contributed by atoms with Crippen LogP contribution in [0.4, 0.5) is 0 Å². The van der Waals surface area contributed by atoms with E-state index in [9.17, 15) is 0 Å². The van der Waals surface area contributed by atoms with Gasteiger partial charge in [0.05, 0.1) is 11.7 Å². The minimum Gasteiger partial charge on any atom is -0.350 e. The fourth-order valence-corrected chi connectivity index (χ4v) is 2.83. The molecule has 0 aromatic rings. The van der Waals surface area contributed by atoms with Crippen molar-refractivity contribution in [1.82, 2.24) is 0 Å². The van der Waals surface area contributed by atoms with Crippen LogP contribution in [0.5, 0.6) is 0 Å². The van der Waals surface area contributed by atoms with E-state index in [0.717, 1.165) is 12.8 Å². The fourth-order valence-electron chi connectivity index (χ4n) is 2.83. The van der Waals surface area contributed by atoms with E-state index in [-0.39, 0.29) is 11.9 Å². The first kappa shape index (κ1) is 16.0. The molecule has 0 aliphatic carbocycles. The smallest absolute Gasteiger partial charge is 0.158 e. The normalized spacial score (nSPS) is 27.3. The van der Waals surface area contributed by atoms with E-state index in [2.05, 4.69) is 27.7 Å². The van der Waals surface area contributed by atoms with Gasteiger partial charge in [-0.1, -0.05) is 45.4 Å². The van der Waals surface area contributed by atoms with E-state index < -0.39 is 0 Å². The number of hydrogen-bond acceptors (Lipinski definition) is 2. The lowest BCUT2D eigenvalue weighted by atomic mass is 9.99. The first-order valence-corrected chi connectivity index (χ1v) is 7.87. The highest BCUT2D eigenvalue weighted by atomic mass is 16.7. The number of hydrogen-bond donors (Lipinski definition) is 0. The van der Waals surface area contributed by atoms with Crippen molar-refractivity contribution in [1.29, 1.82) is 0 Å². The van der Waals surface area contributed by atoms with Gasteiger partial charge in [-0.05, 0) is 33.6 Å². The molecule has 2 heteroatoms. The molecule has 0 saturated carbocycles. The molecule has 1 rings (SSSR count). The van der Waals surface area contributed by atoms with Crippen LogP contribution in [0.2, 0.25) is 0 Å². The maximum Gasteiger partial charge on any atom is 0.158 e. The molecule has 18 heavy (non-hydrogen) atoms. The molecule has 1 fully saturated rings. The third-order valence-electron chi connectivity index (χ3n) is 3.66. The van der Waals surface area contributed by atoms with Gasteiger partial charge < -0.3 is 9.47 Å². The molecule has 108 valence electrons. The van der Waals surface area contributed by atoms with Crippen molar-refractivity contribution in [3.63, 3.8) is 0 Å². The van der Waals surface area contributed by atoms with Gasteiger partial charge in [-0.15, -0.1) is 0 Å². The Hall–Kier alpha value is -0.0800. The van der Waals surface area contributed by atoms with Crippen LogP contribution in [0.25, 0.3) is 0 Å². The Morgan fingerprint density at radius 1 is 1.00 bits per heavy atom. The van der Waals surface area contributed by atoms with Gasteiger partial charge in [0.1, 0.15) is 0 Å². The molecule has 0 bridgehead atoms. The standard InChI is InChI=1S/C16H32O2/c1-5-6-7-8-9-10-11-12-15-17-14(2)13-16(3,4)18-15/h14-15H,5-13H2,1-4H3/t14-,15+/m1/s1. The molecule has 1 aliphatic heterocycles. The zero-order chi connectivity index (χ0) is 13.4. The summed E-state index contributed by atoms with van der Waals surface area (Å²) in [4.78, 5) is 0. The maximum absolute atomic E-state index is 5.97. The third-order valence-corrected chi connectivity index (χ3v) is 3.66. The molecule has 1 aliphatic rings. The molecule has 0 spiro atoms. The Kier molecular flexibility index (Phi) is 7.25. The van der Waals surface area contributed by atoms with Gasteiger partial charge >= 0.3 is 0 Å². The quantitative estimate of drug-likeness (QED) is 0.565. The summed E-state index contributed by atoms with van der Waals surface area (Å²) in [5, 5.41) is 0. The van der Waals surface area contributed by atoms with Gasteiger partial charge in [-0.2, -0.15) is 0 Å². The fraction of sp³-hybridized carbons (Fsp3) is 1.00. The van der Waals surface area contributed by atoms with Crippen molar-refractivity contribution in [3.8, 4) is 0 Å².